The molecule has 1 aromatic carbocycles. The molecule has 3 rings (SSSR count). The monoisotopic (exact) mass is 342 g/mol. The summed E-state index contributed by atoms with van der Waals surface area (Å²) in [5, 5.41) is 1.88. The molecule has 6 nitrogen and oxygen atoms in total. The van der Waals surface area contributed by atoms with Crippen molar-refractivity contribution in [2.45, 2.75) is 12.2 Å². The van der Waals surface area contributed by atoms with E-state index < -0.39 is 23.9 Å². The number of ketones is 1. The summed E-state index contributed by atoms with van der Waals surface area (Å²) in [7, 11) is 3.25. The second-order valence-electron chi connectivity index (χ2n) is 5.57. The third-order valence-electron chi connectivity index (χ3n) is 3.60. The molecule has 1 aromatic rings. The van der Waals surface area contributed by atoms with Crippen LogP contribution < -0.4 is 14.8 Å². The molecule has 0 radical (unpaired) electrons. The number of ether oxygens (including phenoxy) is 2. The molecule has 2 aliphatic rings. The molecule has 1 aliphatic heterocycles. The molecule has 1 atom stereocenters. The molecule has 0 saturated heterocycles. The fourth-order valence-corrected chi connectivity index (χ4v) is 2.63. The minimum absolute atomic E-state index is 0.0353. The third kappa shape index (κ3) is 2.66. The van der Waals surface area contributed by atoms with Crippen molar-refractivity contribution in [2.75, 3.05) is 20.9 Å². The van der Waals surface area contributed by atoms with Gasteiger partial charge in [-0.15, -0.1) is 0 Å². The number of alkyl halides is 3. The number of amides is 1. The van der Waals surface area contributed by atoms with Gasteiger partial charge in [-0.3, -0.25) is 9.59 Å². The highest BCUT2D eigenvalue weighted by Gasteiger charge is 2.44. The summed E-state index contributed by atoms with van der Waals surface area (Å²) in [4.78, 5) is 25.4. The Bertz CT molecular complexity index is 756. The fraction of sp³-hybridized carbons (Fsp3) is 0.333. The predicted molar refractivity (Wildman–Crippen MR) is 75.6 cm³/mol. The molecule has 24 heavy (non-hydrogen) atoms. The van der Waals surface area contributed by atoms with E-state index in [1.54, 1.807) is 14.1 Å². The third-order valence-corrected chi connectivity index (χ3v) is 3.60. The standard InChI is InChI=1S/C15H13F3N2O4/c1-20(2)5-9-12(19-14(22)15(16,17)18)7-3-10-11(24-6-23-10)4-8(7)13(9)21/h3-5,12H,6H2,1-2H3,(H,19,22)/t12-/m0/s1. The molecule has 1 N–H and O–H groups in total. The summed E-state index contributed by atoms with van der Waals surface area (Å²) in [6, 6.07) is 1.63. The predicted octanol–water partition coefficient (Wildman–Crippen LogP) is 1.78. The Kier molecular flexibility index (Phi) is 3.66. The van der Waals surface area contributed by atoms with Crippen molar-refractivity contribution < 1.29 is 32.2 Å². The second-order valence-corrected chi connectivity index (χ2v) is 5.57. The fourth-order valence-electron chi connectivity index (χ4n) is 2.63. The lowest BCUT2D eigenvalue weighted by molar-refractivity contribution is -0.174. The second kappa shape index (κ2) is 5.43. The lowest BCUT2D eigenvalue weighted by atomic mass is 10.1. The van der Waals surface area contributed by atoms with Crippen molar-refractivity contribution in [3.05, 3.63) is 35.0 Å². The number of carbonyl (C=O) groups is 2. The Morgan fingerprint density at radius 2 is 1.92 bits per heavy atom. The number of benzene rings is 1. The zero-order valence-corrected chi connectivity index (χ0v) is 12.7. The molecule has 128 valence electrons. The van der Waals surface area contributed by atoms with Gasteiger partial charge in [0.25, 0.3) is 0 Å². The first-order valence-electron chi connectivity index (χ1n) is 6.92. The maximum absolute atomic E-state index is 12.6. The molecule has 9 heteroatoms. The van der Waals surface area contributed by atoms with E-state index in [4.69, 9.17) is 9.47 Å². The summed E-state index contributed by atoms with van der Waals surface area (Å²) >= 11 is 0. The van der Waals surface area contributed by atoms with Crippen molar-refractivity contribution in [1.29, 1.82) is 0 Å². The van der Waals surface area contributed by atoms with Crippen LogP contribution in [0.1, 0.15) is 22.0 Å². The number of hydrogen-bond acceptors (Lipinski definition) is 5. The van der Waals surface area contributed by atoms with Crippen LogP contribution in [-0.2, 0) is 4.79 Å². The van der Waals surface area contributed by atoms with E-state index in [-0.39, 0.29) is 23.5 Å². The van der Waals surface area contributed by atoms with Gasteiger partial charge in [0.1, 0.15) is 0 Å². The van der Waals surface area contributed by atoms with Crippen LogP contribution in [0.3, 0.4) is 0 Å². The zero-order chi connectivity index (χ0) is 17.6. The van der Waals surface area contributed by atoms with Crippen LogP contribution in [0.15, 0.2) is 23.9 Å². The van der Waals surface area contributed by atoms with Gasteiger partial charge < -0.3 is 19.7 Å². The quantitative estimate of drug-likeness (QED) is 0.830. The van der Waals surface area contributed by atoms with E-state index in [1.807, 2.05) is 5.32 Å². The average Bonchev–Trinajstić information content (AvgIpc) is 3.02. The van der Waals surface area contributed by atoms with Crippen LogP contribution in [0, 0.1) is 0 Å². The van der Waals surface area contributed by atoms with Crippen LogP contribution in [0.5, 0.6) is 11.5 Å². The number of carbonyl (C=O) groups excluding carboxylic acids is 2. The van der Waals surface area contributed by atoms with Crippen LogP contribution in [0.2, 0.25) is 0 Å². The van der Waals surface area contributed by atoms with Crippen LogP contribution in [-0.4, -0.2) is 43.7 Å². The van der Waals surface area contributed by atoms with Gasteiger partial charge >= 0.3 is 12.1 Å². The van der Waals surface area contributed by atoms with Gasteiger partial charge in [0.15, 0.2) is 17.3 Å². The van der Waals surface area contributed by atoms with Crippen molar-refractivity contribution in [3.63, 3.8) is 0 Å². The van der Waals surface area contributed by atoms with Crippen LogP contribution in [0.4, 0.5) is 13.2 Å². The van der Waals surface area contributed by atoms with Gasteiger partial charge in [0.05, 0.1) is 6.04 Å². The molecule has 0 unspecified atom stereocenters. The molecule has 1 amide bonds. The number of Topliss-reactive ketones (excluding diaryl/α,β-unsaturated/α-hetero) is 1. The Labute approximate surface area is 134 Å². The van der Waals surface area contributed by atoms with Crippen molar-refractivity contribution in [3.8, 4) is 11.5 Å². The first kappa shape index (κ1) is 16.2. The van der Waals surface area contributed by atoms with Crippen molar-refractivity contribution >= 4 is 11.7 Å². The van der Waals surface area contributed by atoms with Crippen LogP contribution in [0.25, 0.3) is 0 Å². The minimum Gasteiger partial charge on any atom is -0.454 e. The Balaban J connectivity index is 2.07. The molecule has 0 bridgehead atoms. The minimum atomic E-state index is -5.05. The highest BCUT2D eigenvalue weighted by Crippen LogP contribution is 2.44. The summed E-state index contributed by atoms with van der Waals surface area (Å²) in [5.74, 6) is -1.92. The van der Waals surface area contributed by atoms with Crippen LogP contribution >= 0.6 is 0 Å². The summed E-state index contributed by atoms with van der Waals surface area (Å²) in [5.41, 5.74) is 0.464. The van der Waals surface area contributed by atoms with E-state index in [0.717, 1.165) is 0 Å². The van der Waals surface area contributed by atoms with Gasteiger partial charge in [0.2, 0.25) is 6.79 Å². The highest BCUT2D eigenvalue weighted by molar-refractivity contribution is 6.15. The number of fused-ring (bicyclic) bond motifs is 2. The lowest BCUT2D eigenvalue weighted by Crippen LogP contribution is -2.39. The molecule has 0 aromatic heterocycles. The molecule has 1 aliphatic carbocycles. The SMILES string of the molecule is CN(C)C=C1C(=O)c2cc3c(cc2[C@@H]1NC(=O)C(F)(F)F)OCO3. The lowest BCUT2D eigenvalue weighted by Gasteiger charge is -2.18. The average molecular weight is 342 g/mol. The van der Waals surface area contributed by atoms with E-state index >= 15 is 0 Å². The normalized spacial score (nSPS) is 20.3. The topological polar surface area (TPSA) is 67.9 Å². The first-order valence-corrected chi connectivity index (χ1v) is 6.92. The Hall–Kier alpha value is -2.71. The number of nitrogens with one attached hydrogen (secondary N) is 1. The van der Waals surface area contributed by atoms with Gasteiger partial charge in [-0.05, 0) is 17.7 Å². The smallest absolute Gasteiger partial charge is 0.454 e. The summed E-state index contributed by atoms with van der Waals surface area (Å²) in [6.07, 6.45) is -3.66. The first-order chi connectivity index (χ1) is 11.2. The van der Waals surface area contributed by atoms with E-state index in [0.29, 0.717) is 11.5 Å². The maximum Gasteiger partial charge on any atom is 0.471 e. The van der Waals surface area contributed by atoms with E-state index in [9.17, 15) is 22.8 Å². The Morgan fingerprint density at radius 1 is 1.29 bits per heavy atom. The number of halogens is 3. The maximum atomic E-state index is 12.6. The highest BCUT2D eigenvalue weighted by atomic mass is 19.4. The van der Waals surface area contributed by atoms with Gasteiger partial charge in [-0.1, -0.05) is 0 Å². The largest absolute Gasteiger partial charge is 0.471 e. The number of nitrogens with zero attached hydrogens (tertiary/aromatic N) is 1. The molecule has 0 fully saturated rings. The van der Waals surface area contributed by atoms with Gasteiger partial charge in [0, 0.05) is 31.4 Å². The number of rotatable bonds is 2. The van der Waals surface area contributed by atoms with E-state index in [2.05, 4.69) is 0 Å². The molecule has 0 saturated carbocycles. The van der Waals surface area contributed by atoms with E-state index in [1.165, 1.54) is 23.2 Å². The summed E-state index contributed by atoms with van der Waals surface area (Å²) < 4.78 is 48.2. The number of hydrogen-bond donors (Lipinski definition) is 1. The summed E-state index contributed by atoms with van der Waals surface area (Å²) in [6.45, 7) is -0.0353. The molecule has 0 spiro atoms. The van der Waals surface area contributed by atoms with Crippen molar-refractivity contribution in [1.82, 2.24) is 10.2 Å². The molecular formula is C15H13F3N2O4. The van der Waals surface area contributed by atoms with Crippen molar-refractivity contribution in [2.24, 2.45) is 0 Å². The van der Waals surface area contributed by atoms with Gasteiger partial charge in [-0.2, -0.15) is 13.2 Å². The van der Waals surface area contributed by atoms with Gasteiger partial charge in [-0.25, -0.2) is 0 Å². The Morgan fingerprint density at radius 3 is 2.50 bits per heavy atom. The molecule has 1 heterocycles. The molecular weight excluding hydrogens is 329 g/mol. The zero-order valence-electron chi connectivity index (χ0n) is 12.7.